The third kappa shape index (κ3) is 5.01. The third-order valence-corrected chi connectivity index (χ3v) is 3.41. The number of amides is 3. The molecule has 0 aromatic carbocycles. The van der Waals surface area contributed by atoms with Crippen molar-refractivity contribution in [2.24, 2.45) is 11.7 Å². The van der Waals surface area contributed by atoms with Gasteiger partial charge in [-0.3, -0.25) is 15.0 Å². The fourth-order valence-corrected chi connectivity index (χ4v) is 2.51. The normalized spacial score (nSPS) is 22.4. The zero-order chi connectivity index (χ0) is 13.5. The number of nitrogens with one attached hydrogen (secondary N) is 2. The quantitative estimate of drug-likeness (QED) is 0.640. The maximum Gasteiger partial charge on any atom is 0.318 e. The van der Waals surface area contributed by atoms with Gasteiger partial charge in [-0.05, 0) is 38.8 Å². The first-order valence-electron chi connectivity index (χ1n) is 6.58. The van der Waals surface area contributed by atoms with Gasteiger partial charge in [0.15, 0.2) is 0 Å². The Kier molecular flexibility index (Phi) is 6.07. The second-order valence-corrected chi connectivity index (χ2v) is 4.90. The molecule has 0 bridgehead atoms. The summed E-state index contributed by atoms with van der Waals surface area (Å²) in [5.74, 6) is 0.235. The second-order valence-electron chi connectivity index (χ2n) is 4.90. The molecule has 3 amide bonds. The number of piperidine rings is 1. The van der Waals surface area contributed by atoms with Gasteiger partial charge in [0.1, 0.15) is 0 Å². The number of rotatable bonds is 5. The number of nitrogens with two attached hydrogens (primary N) is 1. The number of hydrogen-bond donors (Lipinski definition) is 3. The summed E-state index contributed by atoms with van der Waals surface area (Å²) in [7, 11) is 0. The molecule has 1 saturated heterocycles. The molecule has 2 atom stereocenters. The highest BCUT2D eigenvalue weighted by Crippen LogP contribution is 2.19. The molecule has 18 heavy (non-hydrogen) atoms. The van der Waals surface area contributed by atoms with Crippen LogP contribution in [0.15, 0.2) is 0 Å². The number of carbonyl (C=O) groups is 2. The maximum atomic E-state index is 11.5. The van der Waals surface area contributed by atoms with Gasteiger partial charge in [-0.2, -0.15) is 0 Å². The average Bonchev–Trinajstić information content (AvgIpc) is 2.28. The number of likely N-dealkylation sites (tertiary alicyclic amines) is 1. The topological polar surface area (TPSA) is 87.5 Å². The lowest BCUT2D eigenvalue weighted by molar-refractivity contribution is -0.121. The van der Waals surface area contributed by atoms with E-state index in [9.17, 15) is 9.59 Å². The van der Waals surface area contributed by atoms with E-state index >= 15 is 0 Å². The lowest BCUT2D eigenvalue weighted by atomic mass is 9.91. The highest BCUT2D eigenvalue weighted by Gasteiger charge is 2.25. The van der Waals surface area contributed by atoms with Crippen molar-refractivity contribution in [2.75, 3.05) is 26.2 Å². The molecule has 0 spiro atoms. The molecule has 6 heteroatoms. The minimum atomic E-state index is -0.783. The SMILES string of the molecule is CCNC(C)C1CCCN(CC(=O)NC(N)=O)C1. The molecule has 0 aromatic rings. The summed E-state index contributed by atoms with van der Waals surface area (Å²) < 4.78 is 0. The minimum absolute atomic E-state index is 0.248. The summed E-state index contributed by atoms with van der Waals surface area (Å²) >= 11 is 0. The number of imide groups is 1. The summed E-state index contributed by atoms with van der Waals surface area (Å²) in [6.07, 6.45) is 2.27. The van der Waals surface area contributed by atoms with Crippen LogP contribution in [0.3, 0.4) is 0 Å². The zero-order valence-electron chi connectivity index (χ0n) is 11.2. The van der Waals surface area contributed by atoms with Crippen molar-refractivity contribution in [1.82, 2.24) is 15.5 Å². The van der Waals surface area contributed by atoms with E-state index in [1.165, 1.54) is 6.42 Å². The minimum Gasteiger partial charge on any atom is -0.351 e. The first kappa shape index (κ1) is 14.9. The number of urea groups is 1. The van der Waals surface area contributed by atoms with Crippen molar-refractivity contribution in [1.29, 1.82) is 0 Å². The fraction of sp³-hybridized carbons (Fsp3) is 0.833. The highest BCUT2D eigenvalue weighted by molar-refractivity contribution is 5.94. The Morgan fingerprint density at radius 2 is 2.22 bits per heavy atom. The molecule has 6 nitrogen and oxygen atoms in total. The van der Waals surface area contributed by atoms with Gasteiger partial charge in [-0.1, -0.05) is 6.92 Å². The van der Waals surface area contributed by atoms with E-state index in [1.54, 1.807) is 0 Å². The molecule has 1 aliphatic rings. The van der Waals surface area contributed by atoms with Crippen molar-refractivity contribution in [2.45, 2.75) is 32.7 Å². The van der Waals surface area contributed by atoms with Crippen LogP contribution in [-0.2, 0) is 4.79 Å². The third-order valence-electron chi connectivity index (χ3n) is 3.41. The van der Waals surface area contributed by atoms with E-state index in [0.717, 1.165) is 26.1 Å². The van der Waals surface area contributed by atoms with E-state index in [-0.39, 0.29) is 12.5 Å². The van der Waals surface area contributed by atoms with Crippen molar-refractivity contribution in [3.05, 3.63) is 0 Å². The Morgan fingerprint density at radius 1 is 1.50 bits per heavy atom. The predicted molar refractivity (Wildman–Crippen MR) is 70.0 cm³/mol. The number of hydrogen-bond acceptors (Lipinski definition) is 4. The summed E-state index contributed by atoms with van der Waals surface area (Å²) in [4.78, 5) is 24.1. The van der Waals surface area contributed by atoms with Crippen LogP contribution in [-0.4, -0.2) is 49.1 Å². The Labute approximate surface area is 108 Å². The van der Waals surface area contributed by atoms with Crippen LogP contribution in [0.25, 0.3) is 0 Å². The van der Waals surface area contributed by atoms with Crippen molar-refractivity contribution < 1.29 is 9.59 Å². The Morgan fingerprint density at radius 3 is 2.83 bits per heavy atom. The van der Waals surface area contributed by atoms with E-state index in [2.05, 4.69) is 29.4 Å². The number of carbonyl (C=O) groups excluding carboxylic acids is 2. The van der Waals surface area contributed by atoms with Gasteiger partial charge in [0.25, 0.3) is 0 Å². The van der Waals surface area contributed by atoms with Gasteiger partial charge < -0.3 is 11.1 Å². The van der Waals surface area contributed by atoms with Crippen LogP contribution < -0.4 is 16.4 Å². The van der Waals surface area contributed by atoms with Gasteiger partial charge in [0.05, 0.1) is 6.54 Å². The Balaban J connectivity index is 2.38. The molecular weight excluding hydrogens is 232 g/mol. The molecular formula is C12H24N4O2. The maximum absolute atomic E-state index is 11.5. The van der Waals surface area contributed by atoms with Crippen LogP contribution >= 0.6 is 0 Å². The van der Waals surface area contributed by atoms with E-state index < -0.39 is 6.03 Å². The molecule has 4 N–H and O–H groups in total. The zero-order valence-corrected chi connectivity index (χ0v) is 11.2. The van der Waals surface area contributed by atoms with Crippen LogP contribution in [0.5, 0.6) is 0 Å². The fourth-order valence-electron chi connectivity index (χ4n) is 2.51. The predicted octanol–water partition coefficient (Wildman–Crippen LogP) is -0.109. The number of primary amides is 1. The lowest BCUT2D eigenvalue weighted by Crippen LogP contribution is -2.48. The van der Waals surface area contributed by atoms with E-state index in [0.29, 0.717) is 12.0 Å². The monoisotopic (exact) mass is 256 g/mol. The molecule has 0 aromatic heterocycles. The smallest absolute Gasteiger partial charge is 0.318 e. The standard InChI is InChI=1S/C12H24N4O2/c1-3-14-9(2)10-5-4-6-16(7-10)8-11(17)15-12(13)18/h9-10,14H,3-8H2,1-2H3,(H3,13,15,17,18). The van der Waals surface area contributed by atoms with Crippen molar-refractivity contribution >= 4 is 11.9 Å². The van der Waals surface area contributed by atoms with Gasteiger partial charge in [-0.25, -0.2) is 4.79 Å². The van der Waals surface area contributed by atoms with Crippen molar-refractivity contribution in [3.63, 3.8) is 0 Å². The van der Waals surface area contributed by atoms with E-state index in [4.69, 9.17) is 5.73 Å². The van der Waals surface area contributed by atoms with E-state index in [1.807, 2.05) is 0 Å². The Bertz CT molecular complexity index is 296. The summed E-state index contributed by atoms with van der Waals surface area (Å²) in [6, 6.07) is -0.327. The van der Waals surface area contributed by atoms with Crippen LogP contribution in [0.1, 0.15) is 26.7 Å². The van der Waals surface area contributed by atoms with Gasteiger partial charge in [0.2, 0.25) is 5.91 Å². The molecule has 0 aliphatic carbocycles. The average molecular weight is 256 g/mol. The summed E-state index contributed by atoms with van der Waals surface area (Å²) in [5, 5.41) is 5.52. The van der Waals surface area contributed by atoms with Crippen molar-refractivity contribution in [3.8, 4) is 0 Å². The highest BCUT2D eigenvalue weighted by atomic mass is 16.2. The van der Waals surface area contributed by atoms with Gasteiger partial charge in [-0.15, -0.1) is 0 Å². The first-order chi connectivity index (χ1) is 8.52. The molecule has 2 unspecified atom stereocenters. The molecule has 1 aliphatic heterocycles. The largest absolute Gasteiger partial charge is 0.351 e. The van der Waals surface area contributed by atoms with Crippen LogP contribution in [0.2, 0.25) is 0 Å². The number of nitrogens with zero attached hydrogens (tertiary/aromatic N) is 1. The molecule has 1 fully saturated rings. The lowest BCUT2D eigenvalue weighted by Gasteiger charge is -2.35. The summed E-state index contributed by atoms with van der Waals surface area (Å²) in [6.45, 7) is 7.28. The molecule has 0 radical (unpaired) electrons. The summed E-state index contributed by atoms with van der Waals surface area (Å²) in [5.41, 5.74) is 4.91. The molecule has 1 heterocycles. The molecule has 0 saturated carbocycles. The molecule has 1 rings (SSSR count). The molecule has 104 valence electrons. The van der Waals surface area contributed by atoms with Crippen LogP contribution in [0, 0.1) is 5.92 Å². The van der Waals surface area contributed by atoms with Gasteiger partial charge >= 0.3 is 6.03 Å². The van der Waals surface area contributed by atoms with Crippen LogP contribution in [0.4, 0.5) is 4.79 Å². The Hall–Kier alpha value is -1.14. The first-order valence-corrected chi connectivity index (χ1v) is 6.58. The van der Waals surface area contributed by atoms with Gasteiger partial charge in [0, 0.05) is 12.6 Å². The second kappa shape index (κ2) is 7.33.